The monoisotopic (exact) mass is 564 g/mol. The van der Waals surface area contributed by atoms with Crippen LogP contribution in [0, 0.1) is 0 Å². The quantitative estimate of drug-likeness (QED) is 0.146. The first-order valence-electron chi connectivity index (χ1n) is 12.3. The summed E-state index contributed by atoms with van der Waals surface area (Å²) in [7, 11) is -3.67. The van der Waals surface area contributed by atoms with Crippen molar-refractivity contribution in [3.05, 3.63) is 96.3 Å². The minimum Gasteiger partial charge on any atom is -0.462 e. The van der Waals surface area contributed by atoms with E-state index in [1.165, 1.54) is 0 Å². The molecule has 202 valence electrons. The molecule has 4 aromatic rings. The van der Waals surface area contributed by atoms with Gasteiger partial charge in [0.05, 0.1) is 22.8 Å². The minimum absolute atomic E-state index is 0.0123. The number of nitrogens with one attached hydrogen (secondary N) is 1. The van der Waals surface area contributed by atoms with Crippen LogP contribution < -0.4 is 5.32 Å². The number of nitrogens with zero attached hydrogens (tertiary/aromatic N) is 3. The Kier molecular flexibility index (Phi) is 9.50. The van der Waals surface area contributed by atoms with Crippen LogP contribution in [0.1, 0.15) is 35.9 Å². The zero-order valence-electron chi connectivity index (χ0n) is 21.3. The lowest BCUT2D eigenvalue weighted by Crippen LogP contribution is -2.15. The number of rotatable bonds is 12. The fourth-order valence-electron chi connectivity index (χ4n) is 3.65. The highest BCUT2D eigenvalue weighted by Crippen LogP contribution is 2.25. The van der Waals surface area contributed by atoms with E-state index in [9.17, 15) is 18.0 Å². The molecule has 0 bridgehead atoms. The molecular formula is C28H28N4O5S2. The van der Waals surface area contributed by atoms with Gasteiger partial charge < -0.3 is 10.1 Å². The molecule has 1 N–H and O–H groups in total. The SMILES string of the molecule is CCCCOC(=O)c1cccc(NC(=O)CSc2nnc(CS(=O)(=O)c3ccccc3)n2-c2ccccc2)c1. The van der Waals surface area contributed by atoms with Gasteiger partial charge in [-0.05, 0) is 48.9 Å². The first kappa shape index (κ1) is 28.1. The van der Waals surface area contributed by atoms with Gasteiger partial charge in [-0.3, -0.25) is 9.36 Å². The number of ether oxygens (including phenoxy) is 1. The fraction of sp³-hybridized carbons (Fsp3) is 0.214. The van der Waals surface area contributed by atoms with Crippen LogP contribution in [0.4, 0.5) is 5.69 Å². The number of benzene rings is 3. The minimum atomic E-state index is -3.67. The topological polar surface area (TPSA) is 120 Å². The van der Waals surface area contributed by atoms with Crippen LogP contribution in [-0.4, -0.2) is 47.4 Å². The van der Waals surface area contributed by atoms with Crippen LogP contribution in [0.25, 0.3) is 5.69 Å². The molecule has 0 spiro atoms. The predicted molar refractivity (Wildman–Crippen MR) is 150 cm³/mol. The summed E-state index contributed by atoms with van der Waals surface area (Å²) in [5.41, 5.74) is 1.49. The van der Waals surface area contributed by atoms with E-state index in [2.05, 4.69) is 15.5 Å². The van der Waals surface area contributed by atoms with Gasteiger partial charge in [0.25, 0.3) is 0 Å². The molecule has 4 rings (SSSR count). The zero-order valence-corrected chi connectivity index (χ0v) is 23.0. The number of para-hydroxylation sites is 1. The fourth-order valence-corrected chi connectivity index (χ4v) is 5.68. The van der Waals surface area contributed by atoms with Gasteiger partial charge in [0.2, 0.25) is 5.91 Å². The number of unbranched alkanes of at least 4 members (excludes halogenated alkanes) is 1. The van der Waals surface area contributed by atoms with E-state index in [0.29, 0.717) is 28.7 Å². The van der Waals surface area contributed by atoms with Crippen LogP contribution in [0.3, 0.4) is 0 Å². The molecular weight excluding hydrogens is 536 g/mol. The molecule has 0 fully saturated rings. The van der Waals surface area contributed by atoms with Crippen LogP contribution in [0.5, 0.6) is 0 Å². The van der Waals surface area contributed by atoms with E-state index < -0.39 is 15.8 Å². The maximum atomic E-state index is 13.0. The van der Waals surface area contributed by atoms with E-state index in [0.717, 1.165) is 24.6 Å². The molecule has 1 heterocycles. The van der Waals surface area contributed by atoms with Crippen molar-refractivity contribution in [3.63, 3.8) is 0 Å². The first-order chi connectivity index (χ1) is 18.9. The molecule has 0 unspecified atom stereocenters. The molecule has 1 aromatic heterocycles. The lowest BCUT2D eigenvalue weighted by atomic mass is 10.2. The van der Waals surface area contributed by atoms with Crippen molar-refractivity contribution >= 4 is 39.2 Å². The van der Waals surface area contributed by atoms with Crippen molar-refractivity contribution in [1.29, 1.82) is 0 Å². The van der Waals surface area contributed by atoms with Gasteiger partial charge >= 0.3 is 5.97 Å². The molecule has 3 aromatic carbocycles. The maximum Gasteiger partial charge on any atom is 0.338 e. The normalized spacial score (nSPS) is 11.2. The highest BCUT2D eigenvalue weighted by atomic mass is 32.2. The summed E-state index contributed by atoms with van der Waals surface area (Å²) in [5, 5.41) is 11.5. The Morgan fingerprint density at radius 2 is 1.67 bits per heavy atom. The Labute approximate surface area is 231 Å². The Balaban J connectivity index is 1.48. The van der Waals surface area contributed by atoms with Gasteiger partial charge in [-0.25, -0.2) is 13.2 Å². The standard InChI is InChI=1S/C28H28N4O5S2/c1-2-3-17-37-27(34)21-11-10-12-22(18-21)29-26(33)19-38-28-31-30-25(32(28)23-13-6-4-7-14-23)20-39(35,36)24-15-8-5-9-16-24/h4-16,18H,2-3,17,19-20H2,1H3,(H,29,33). The lowest BCUT2D eigenvalue weighted by Gasteiger charge is -2.11. The summed E-state index contributed by atoms with van der Waals surface area (Å²) in [4.78, 5) is 25.2. The first-order valence-corrected chi connectivity index (χ1v) is 15.0. The lowest BCUT2D eigenvalue weighted by molar-refractivity contribution is -0.113. The third kappa shape index (κ3) is 7.55. The van der Waals surface area contributed by atoms with Gasteiger partial charge in [-0.2, -0.15) is 0 Å². The Morgan fingerprint density at radius 1 is 0.949 bits per heavy atom. The van der Waals surface area contributed by atoms with E-state index >= 15 is 0 Å². The average molecular weight is 565 g/mol. The average Bonchev–Trinajstić information content (AvgIpc) is 3.34. The maximum absolute atomic E-state index is 13.0. The van der Waals surface area contributed by atoms with E-state index in [-0.39, 0.29) is 28.1 Å². The van der Waals surface area contributed by atoms with Crippen molar-refractivity contribution in [1.82, 2.24) is 14.8 Å². The molecule has 0 atom stereocenters. The van der Waals surface area contributed by atoms with Gasteiger partial charge in [-0.1, -0.05) is 67.6 Å². The number of carbonyl (C=O) groups is 2. The van der Waals surface area contributed by atoms with Crippen LogP contribution >= 0.6 is 11.8 Å². The van der Waals surface area contributed by atoms with E-state index in [1.54, 1.807) is 59.2 Å². The summed E-state index contributed by atoms with van der Waals surface area (Å²) in [6.07, 6.45) is 1.70. The number of esters is 1. The van der Waals surface area contributed by atoms with E-state index in [1.807, 2.05) is 37.3 Å². The second kappa shape index (κ2) is 13.2. The largest absolute Gasteiger partial charge is 0.462 e. The van der Waals surface area contributed by atoms with Gasteiger partial charge in [0.15, 0.2) is 20.8 Å². The van der Waals surface area contributed by atoms with Crippen LogP contribution in [0.2, 0.25) is 0 Å². The number of anilines is 1. The summed E-state index contributed by atoms with van der Waals surface area (Å²) in [6, 6.07) is 23.9. The summed E-state index contributed by atoms with van der Waals surface area (Å²) >= 11 is 1.13. The Hall–Kier alpha value is -3.96. The highest BCUT2D eigenvalue weighted by molar-refractivity contribution is 7.99. The number of amides is 1. The third-order valence-electron chi connectivity index (χ3n) is 5.58. The summed E-state index contributed by atoms with van der Waals surface area (Å²) in [6.45, 7) is 2.36. The summed E-state index contributed by atoms with van der Waals surface area (Å²) < 4.78 is 32.9. The predicted octanol–water partition coefficient (Wildman–Crippen LogP) is 4.93. The number of thioether (sulfide) groups is 1. The van der Waals surface area contributed by atoms with E-state index in [4.69, 9.17) is 4.74 Å². The number of sulfone groups is 1. The van der Waals surface area contributed by atoms with Gasteiger partial charge in [0, 0.05) is 11.4 Å². The Morgan fingerprint density at radius 3 is 2.38 bits per heavy atom. The summed E-state index contributed by atoms with van der Waals surface area (Å²) in [5.74, 6) is -0.892. The van der Waals surface area contributed by atoms with Crippen LogP contribution in [-0.2, 0) is 25.1 Å². The molecule has 0 saturated heterocycles. The zero-order chi connectivity index (χ0) is 27.7. The van der Waals surface area contributed by atoms with Crippen molar-refractivity contribution in [2.75, 3.05) is 17.7 Å². The second-order valence-electron chi connectivity index (χ2n) is 8.55. The number of carbonyl (C=O) groups excluding carboxylic acids is 2. The van der Waals surface area contributed by atoms with Crippen molar-refractivity contribution in [2.24, 2.45) is 0 Å². The molecule has 1 amide bonds. The molecule has 0 radical (unpaired) electrons. The van der Waals surface area contributed by atoms with Crippen molar-refractivity contribution in [3.8, 4) is 5.69 Å². The molecule has 0 aliphatic rings. The number of aromatic nitrogens is 3. The van der Waals surface area contributed by atoms with Crippen molar-refractivity contribution < 1.29 is 22.7 Å². The molecule has 0 saturated carbocycles. The van der Waals surface area contributed by atoms with Gasteiger partial charge in [0.1, 0.15) is 5.75 Å². The van der Waals surface area contributed by atoms with Crippen LogP contribution in [0.15, 0.2) is 95.0 Å². The molecule has 11 heteroatoms. The Bertz CT molecular complexity index is 1520. The molecule has 0 aliphatic heterocycles. The number of hydrogen-bond donors (Lipinski definition) is 1. The molecule has 0 aliphatic carbocycles. The second-order valence-corrected chi connectivity index (χ2v) is 11.5. The molecule has 9 nitrogen and oxygen atoms in total. The molecule has 39 heavy (non-hydrogen) atoms. The van der Waals surface area contributed by atoms with Crippen molar-refractivity contribution in [2.45, 2.75) is 35.6 Å². The van der Waals surface area contributed by atoms with Gasteiger partial charge in [-0.15, -0.1) is 10.2 Å². The smallest absolute Gasteiger partial charge is 0.338 e. The third-order valence-corrected chi connectivity index (χ3v) is 8.14. The number of hydrogen-bond acceptors (Lipinski definition) is 8. The highest BCUT2D eigenvalue weighted by Gasteiger charge is 2.23.